The number of benzene rings is 2. The van der Waals surface area contributed by atoms with E-state index < -0.39 is 21.8 Å². The smallest absolute Gasteiger partial charge is 0.246 e. The molecule has 0 bridgehead atoms. The first-order valence-corrected chi connectivity index (χ1v) is 12.8. The van der Waals surface area contributed by atoms with Crippen molar-refractivity contribution >= 4 is 21.6 Å². The number of sulfonamides is 1. The minimum Gasteiger partial charge on any atom is -0.495 e. The number of amides is 1. The van der Waals surface area contributed by atoms with Crippen LogP contribution in [0.4, 0.5) is 10.1 Å². The van der Waals surface area contributed by atoms with Crippen LogP contribution in [0.25, 0.3) is 0 Å². The van der Waals surface area contributed by atoms with Gasteiger partial charge in [-0.15, -0.1) is 0 Å². The second kappa shape index (κ2) is 10.2. The summed E-state index contributed by atoms with van der Waals surface area (Å²) in [5.74, 6) is -0.242. The van der Waals surface area contributed by atoms with Gasteiger partial charge in [0, 0.05) is 39.3 Å². The number of rotatable bonds is 6. The van der Waals surface area contributed by atoms with E-state index in [1.807, 2.05) is 29.2 Å². The maximum atomic E-state index is 13.8. The van der Waals surface area contributed by atoms with Crippen LogP contribution in [0.15, 0.2) is 47.4 Å². The summed E-state index contributed by atoms with van der Waals surface area (Å²) in [6.45, 7) is 2.80. The third-order valence-corrected chi connectivity index (χ3v) is 8.38. The third kappa shape index (κ3) is 4.83. The van der Waals surface area contributed by atoms with Gasteiger partial charge in [-0.2, -0.15) is 4.31 Å². The molecule has 2 fully saturated rings. The van der Waals surface area contributed by atoms with Gasteiger partial charge in [0.05, 0.1) is 25.8 Å². The Balaban J connectivity index is 1.43. The molecule has 10 heteroatoms. The molecule has 2 aromatic carbocycles. The topological polar surface area (TPSA) is 79.4 Å². The number of piperidine rings is 1. The van der Waals surface area contributed by atoms with E-state index in [1.165, 1.54) is 17.5 Å². The van der Waals surface area contributed by atoms with Gasteiger partial charge in [0.1, 0.15) is 22.2 Å². The van der Waals surface area contributed by atoms with Crippen LogP contribution < -0.4 is 14.4 Å². The molecule has 2 aliphatic heterocycles. The van der Waals surface area contributed by atoms with E-state index in [9.17, 15) is 17.6 Å². The minimum atomic E-state index is -4.00. The molecule has 4 rings (SSSR count). The lowest BCUT2D eigenvalue weighted by Crippen LogP contribution is -2.53. The number of para-hydroxylation sites is 2. The Bertz CT molecular complexity index is 1140. The van der Waals surface area contributed by atoms with Crippen LogP contribution in [-0.4, -0.2) is 77.0 Å². The lowest BCUT2D eigenvalue weighted by molar-refractivity contribution is -0.137. The van der Waals surface area contributed by atoms with Crippen molar-refractivity contribution in [1.29, 1.82) is 0 Å². The molecule has 0 saturated carbocycles. The van der Waals surface area contributed by atoms with Crippen LogP contribution in [0.5, 0.6) is 11.5 Å². The highest BCUT2D eigenvalue weighted by Crippen LogP contribution is 2.32. The van der Waals surface area contributed by atoms with Crippen LogP contribution in [0.3, 0.4) is 0 Å². The van der Waals surface area contributed by atoms with Gasteiger partial charge in [0.2, 0.25) is 15.9 Å². The first-order valence-electron chi connectivity index (χ1n) is 11.4. The monoisotopic (exact) mass is 491 g/mol. The van der Waals surface area contributed by atoms with E-state index >= 15 is 0 Å². The molecule has 34 heavy (non-hydrogen) atoms. The predicted octanol–water partition coefficient (Wildman–Crippen LogP) is 2.59. The Hall–Kier alpha value is -2.85. The summed E-state index contributed by atoms with van der Waals surface area (Å²) in [7, 11) is -1.02. The normalized spacial score (nSPS) is 19.7. The molecule has 0 radical (unpaired) electrons. The SMILES string of the molecule is COc1ccccc1N1CCN(C(=O)C2CCCN(S(=O)(=O)c3cc(F)ccc3OC)C2)CC1. The molecule has 0 spiro atoms. The molecule has 0 aromatic heterocycles. The van der Waals surface area contributed by atoms with Crippen LogP contribution in [0.1, 0.15) is 12.8 Å². The second-order valence-electron chi connectivity index (χ2n) is 8.48. The number of piperazine rings is 1. The lowest BCUT2D eigenvalue weighted by Gasteiger charge is -2.39. The Kier molecular flexibility index (Phi) is 7.27. The van der Waals surface area contributed by atoms with E-state index in [2.05, 4.69) is 4.90 Å². The Morgan fingerprint density at radius 1 is 0.971 bits per heavy atom. The molecule has 0 aliphatic carbocycles. The van der Waals surface area contributed by atoms with Gasteiger partial charge in [-0.05, 0) is 43.2 Å². The fourth-order valence-corrected chi connectivity index (χ4v) is 6.36. The van der Waals surface area contributed by atoms with Gasteiger partial charge in [0.15, 0.2) is 0 Å². The highest BCUT2D eigenvalue weighted by atomic mass is 32.2. The fraction of sp³-hybridized carbons (Fsp3) is 0.458. The van der Waals surface area contributed by atoms with Crippen molar-refractivity contribution in [3.63, 3.8) is 0 Å². The molecular formula is C24H30FN3O5S. The highest BCUT2D eigenvalue weighted by molar-refractivity contribution is 7.89. The van der Waals surface area contributed by atoms with Crippen LogP contribution in [0, 0.1) is 11.7 Å². The molecule has 1 unspecified atom stereocenters. The number of hydrogen-bond donors (Lipinski definition) is 0. The summed E-state index contributed by atoms with van der Waals surface area (Å²) < 4.78 is 52.2. The minimum absolute atomic E-state index is 0.0363. The van der Waals surface area contributed by atoms with Crippen molar-refractivity contribution in [1.82, 2.24) is 9.21 Å². The molecule has 2 saturated heterocycles. The van der Waals surface area contributed by atoms with E-state index in [0.29, 0.717) is 39.0 Å². The average molecular weight is 492 g/mol. The first kappa shape index (κ1) is 24.3. The second-order valence-corrected chi connectivity index (χ2v) is 10.4. The number of carbonyl (C=O) groups is 1. The van der Waals surface area contributed by atoms with Crippen molar-refractivity contribution in [2.24, 2.45) is 5.92 Å². The third-order valence-electron chi connectivity index (χ3n) is 6.49. The molecule has 2 aromatic rings. The summed E-state index contributed by atoms with van der Waals surface area (Å²) in [6.07, 6.45) is 1.19. The summed E-state index contributed by atoms with van der Waals surface area (Å²) in [4.78, 5) is 17.1. The number of ether oxygens (including phenoxy) is 2. The van der Waals surface area contributed by atoms with Crippen LogP contribution in [-0.2, 0) is 14.8 Å². The molecule has 8 nitrogen and oxygen atoms in total. The maximum Gasteiger partial charge on any atom is 0.246 e. The van der Waals surface area contributed by atoms with Crippen LogP contribution >= 0.6 is 0 Å². The molecule has 2 aliphatic rings. The van der Waals surface area contributed by atoms with Gasteiger partial charge < -0.3 is 19.3 Å². The van der Waals surface area contributed by atoms with Crippen molar-refractivity contribution in [2.45, 2.75) is 17.7 Å². The quantitative estimate of drug-likeness (QED) is 0.618. The number of nitrogens with zero attached hydrogens (tertiary/aromatic N) is 3. The largest absolute Gasteiger partial charge is 0.495 e. The molecular weight excluding hydrogens is 461 g/mol. The summed E-state index contributed by atoms with van der Waals surface area (Å²) in [5, 5.41) is 0. The maximum absolute atomic E-state index is 13.8. The van der Waals surface area contributed by atoms with Gasteiger partial charge in [-0.25, -0.2) is 12.8 Å². The molecule has 1 amide bonds. The molecule has 184 valence electrons. The molecule has 1 atom stereocenters. The summed E-state index contributed by atoms with van der Waals surface area (Å²) >= 11 is 0. The zero-order valence-corrected chi connectivity index (χ0v) is 20.3. The number of hydrogen-bond acceptors (Lipinski definition) is 6. The van der Waals surface area contributed by atoms with Gasteiger partial charge in [-0.1, -0.05) is 12.1 Å². The van der Waals surface area contributed by atoms with Crippen molar-refractivity contribution < 1.29 is 27.1 Å². The zero-order valence-electron chi connectivity index (χ0n) is 19.4. The van der Waals surface area contributed by atoms with Gasteiger partial charge >= 0.3 is 0 Å². The number of anilines is 1. The Labute approximate surface area is 199 Å². The molecule has 2 heterocycles. The van der Waals surface area contributed by atoms with E-state index in [1.54, 1.807) is 7.11 Å². The predicted molar refractivity (Wildman–Crippen MR) is 126 cm³/mol. The number of methoxy groups -OCH3 is 2. The van der Waals surface area contributed by atoms with Gasteiger partial charge in [0.25, 0.3) is 0 Å². The lowest BCUT2D eigenvalue weighted by atomic mass is 9.97. The fourth-order valence-electron chi connectivity index (χ4n) is 4.67. The van der Waals surface area contributed by atoms with E-state index in [4.69, 9.17) is 9.47 Å². The van der Waals surface area contributed by atoms with Crippen molar-refractivity contribution in [3.05, 3.63) is 48.3 Å². The molecule has 0 N–H and O–H groups in total. The zero-order chi connectivity index (χ0) is 24.3. The first-order chi connectivity index (χ1) is 16.3. The average Bonchev–Trinajstić information content (AvgIpc) is 2.88. The standard InChI is InChI=1S/C24H30FN3O5S/c1-32-21-8-4-3-7-20(21)26-12-14-27(15-13-26)24(29)18-6-5-11-28(17-18)34(30,31)23-16-19(25)9-10-22(23)33-2/h3-4,7-10,16,18H,5-6,11-15,17H2,1-2H3. The van der Waals surface area contributed by atoms with E-state index in [-0.39, 0.29) is 29.6 Å². The Morgan fingerprint density at radius 2 is 1.68 bits per heavy atom. The number of halogens is 1. The van der Waals surface area contributed by atoms with Crippen LogP contribution in [0.2, 0.25) is 0 Å². The van der Waals surface area contributed by atoms with E-state index in [0.717, 1.165) is 23.6 Å². The number of carbonyl (C=O) groups excluding carboxylic acids is 1. The Morgan fingerprint density at radius 3 is 2.38 bits per heavy atom. The van der Waals surface area contributed by atoms with Gasteiger partial charge in [-0.3, -0.25) is 4.79 Å². The van der Waals surface area contributed by atoms with Crippen molar-refractivity contribution in [3.8, 4) is 11.5 Å². The summed E-state index contributed by atoms with van der Waals surface area (Å²) in [5.41, 5.74) is 0.996. The summed E-state index contributed by atoms with van der Waals surface area (Å²) in [6, 6.07) is 11.2. The van der Waals surface area contributed by atoms with Crippen molar-refractivity contribution in [2.75, 3.05) is 58.4 Å². The highest BCUT2D eigenvalue weighted by Gasteiger charge is 2.37.